The minimum Gasteiger partial charge on any atom is -0.496 e. The van der Waals surface area contributed by atoms with Crippen molar-refractivity contribution in [2.24, 2.45) is 0 Å². The van der Waals surface area contributed by atoms with Gasteiger partial charge in [-0.25, -0.2) is 0 Å². The van der Waals surface area contributed by atoms with Crippen LogP contribution in [0.3, 0.4) is 0 Å². The first-order valence-corrected chi connectivity index (χ1v) is 8.31. The van der Waals surface area contributed by atoms with Crippen LogP contribution in [-0.4, -0.2) is 20.3 Å². The van der Waals surface area contributed by atoms with Crippen LogP contribution < -0.4 is 14.8 Å². The lowest BCUT2D eigenvalue weighted by Gasteiger charge is -2.22. The zero-order valence-corrected chi connectivity index (χ0v) is 13.3. The van der Waals surface area contributed by atoms with E-state index in [0.29, 0.717) is 0 Å². The van der Waals surface area contributed by atoms with Gasteiger partial charge >= 0.3 is 0 Å². The van der Waals surface area contributed by atoms with Gasteiger partial charge in [0.2, 0.25) is 0 Å². The molecular weight excluding hydrogens is 282 g/mol. The second kappa shape index (κ2) is 6.50. The maximum absolute atomic E-state index is 5.71. The maximum atomic E-state index is 5.71. The van der Waals surface area contributed by atoms with E-state index in [0.717, 1.165) is 37.5 Å². The van der Waals surface area contributed by atoms with E-state index < -0.39 is 0 Å². The Morgan fingerprint density at radius 2 is 2.29 bits per heavy atom. The number of hydrogen-bond donors (Lipinski definition) is 1. The second-order valence-electron chi connectivity index (χ2n) is 5.20. The molecule has 1 aromatic heterocycles. The number of rotatable bonds is 5. The van der Waals surface area contributed by atoms with Crippen LogP contribution in [0.25, 0.3) is 0 Å². The van der Waals surface area contributed by atoms with E-state index in [1.807, 2.05) is 0 Å². The van der Waals surface area contributed by atoms with Crippen molar-refractivity contribution in [3.63, 3.8) is 0 Å². The molecule has 0 fully saturated rings. The van der Waals surface area contributed by atoms with Crippen molar-refractivity contribution in [1.29, 1.82) is 0 Å². The van der Waals surface area contributed by atoms with Gasteiger partial charge in [-0.1, -0.05) is 19.1 Å². The minimum absolute atomic E-state index is 0.219. The number of methoxy groups -OCH3 is 1. The molecular formula is C17H21NO2S. The second-order valence-corrected chi connectivity index (χ2v) is 6.14. The third-order valence-corrected chi connectivity index (χ3v) is 4.77. The summed E-state index contributed by atoms with van der Waals surface area (Å²) in [5.74, 6) is 1.98. The fraction of sp³-hybridized carbons (Fsp3) is 0.412. The average Bonchev–Trinajstić information content (AvgIpc) is 3.01. The summed E-state index contributed by atoms with van der Waals surface area (Å²) < 4.78 is 11.0. The first-order valence-electron chi connectivity index (χ1n) is 7.43. The highest BCUT2D eigenvalue weighted by Crippen LogP contribution is 2.34. The SMILES string of the molecule is CCNC(c1ccc2c(c1)CCCO2)c1cc(OC)cs1. The molecule has 1 unspecified atom stereocenters. The van der Waals surface area contributed by atoms with Gasteiger partial charge in [-0.05, 0) is 42.6 Å². The molecule has 2 heterocycles. The molecule has 112 valence electrons. The van der Waals surface area contributed by atoms with Gasteiger partial charge in [0, 0.05) is 10.3 Å². The Kier molecular flexibility index (Phi) is 4.46. The Morgan fingerprint density at radius 3 is 3.05 bits per heavy atom. The molecule has 0 bridgehead atoms. The van der Waals surface area contributed by atoms with Crippen molar-refractivity contribution in [3.05, 3.63) is 45.6 Å². The lowest BCUT2D eigenvalue weighted by molar-refractivity contribution is 0.288. The standard InChI is InChI=1S/C17H21NO2S/c1-3-18-17(16-10-14(19-2)11-21-16)13-6-7-15-12(9-13)5-4-8-20-15/h6-7,9-11,17-18H,3-5,8H2,1-2H3. The largest absolute Gasteiger partial charge is 0.496 e. The maximum Gasteiger partial charge on any atom is 0.129 e. The monoisotopic (exact) mass is 303 g/mol. The Bertz CT molecular complexity index is 609. The van der Waals surface area contributed by atoms with Gasteiger partial charge < -0.3 is 14.8 Å². The van der Waals surface area contributed by atoms with E-state index in [9.17, 15) is 0 Å². The third kappa shape index (κ3) is 3.06. The highest BCUT2D eigenvalue weighted by atomic mass is 32.1. The summed E-state index contributed by atoms with van der Waals surface area (Å²) >= 11 is 1.74. The summed E-state index contributed by atoms with van der Waals surface area (Å²) in [4.78, 5) is 1.28. The first kappa shape index (κ1) is 14.4. The van der Waals surface area contributed by atoms with Crippen molar-refractivity contribution in [2.45, 2.75) is 25.8 Å². The molecule has 0 spiro atoms. The molecule has 1 aromatic carbocycles. The first-order chi connectivity index (χ1) is 10.3. The lowest BCUT2D eigenvalue weighted by atomic mass is 9.98. The topological polar surface area (TPSA) is 30.5 Å². The van der Waals surface area contributed by atoms with Crippen LogP contribution in [0.4, 0.5) is 0 Å². The Hall–Kier alpha value is -1.52. The number of nitrogens with one attached hydrogen (secondary N) is 1. The van der Waals surface area contributed by atoms with Gasteiger partial charge in [-0.3, -0.25) is 0 Å². The number of fused-ring (bicyclic) bond motifs is 1. The highest BCUT2D eigenvalue weighted by molar-refractivity contribution is 7.10. The number of ether oxygens (including phenoxy) is 2. The highest BCUT2D eigenvalue weighted by Gasteiger charge is 2.18. The number of hydrogen-bond acceptors (Lipinski definition) is 4. The predicted octanol–water partition coefficient (Wildman–Crippen LogP) is 3.78. The normalized spacial score (nSPS) is 15.1. The molecule has 0 aliphatic carbocycles. The van der Waals surface area contributed by atoms with Gasteiger partial charge in [0.25, 0.3) is 0 Å². The van der Waals surface area contributed by atoms with Crippen molar-refractivity contribution < 1.29 is 9.47 Å². The smallest absolute Gasteiger partial charge is 0.129 e. The summed E-state index contributed by atoms with van der Waals surface area (Å²) in [7, 11) is 1.71. The molecule has 4 heteroatoms. The molecule has 0 saturated carbocycles. The molecule has 0 amide bonds. The zero-order chi connectivity index (χ0) is 14.7. The van der Waals surface area contributed by atoms with Crippen LogP contribution in [0.1, 0.15) is 35.4 Å². The number of thiophene rings is 1. The van der Waals surface area contributed by atoms with Crippen molar-refractivity contribution in [3.8, 4) is 11.5 Å². The average molecular weight is 303 g/mol. The van der Waals surface area contributed by atoms with Crippen molar-refractivity contribution in [2.75, 3.05) is 20.3 Å². The molecule has 2 aromatic rings. The van der Waals surface area contributed by atoms with Gasteiger partial charge in [0.05, 0.1) is 19.8 Å². The molecule has 3 nitrogen and oxygen atoms in total. The Morgan fingerprint density at radius 1 is 1.38 bits per heavy atom. The van der Waals surface area contributed by atoms with E-state index in [1.54, 1.807) is 18.4 Å². The molecule has 3 rings (SSSR count). The van der Waals surface area contributed by atoms with Gasteiger partial charge in [0.1, 0.15) is 11.5 Å². The van der Waals surface area contributed by atoms with Gasteiger partial charge in [0.15, 0.2) is 0 Å². The fourth-order valence-electron chi connectivity index (χ4n) is 2.74. The quantitative estimate of drug-likeness (QED) is 0.912. The van der Waals surface area contributed by atoms with E-state index in [-0.39, 0.29) is 6.04 Å². The lowest BCUT2D eigenvalue weighted by Crippen LogP contribution is -2.21. The Balaban J connectivity index is 1.93. The molecule has 1 aliphatic rings. The van der Waals surface area contributed by atoms with Crippen LogP contribution in [0.15, 0.2) is 29.6 Å². The van der Waals surface area contributed by atoms with Crippen LogP contribution in [-0.2, 0) is 6.42 Å². The summed E-state index contributed by atoms with van der Waals surface area (Å²) in [5.41, 5.74) is 2.62. The van der Waals surface area contributed by atoms with E-state index in [4.69, 9.17) is 9.47 Å². The molecule has 0 radical (unpaired) electrons. The summed E-state index contributed by atoms with van der Waals surface area (Å²) in [6.07, 6.45) is 2.21. The van der Waals surface area contributed by atoms with Crippen LogP contribution in [0.5, 0.6) is 11.5 Å². The van der Waals surface area contributed by atoms with E-state index in [1.165, 1.54) is 16.0 Å². The zero-order valence-electron chi connectivity index (χ0n) is 12.5. The third-order valence-electron chi connectivity index (χ3n) is 3.79. The number of aryl methyl sites for hydroxylation is 1. The Labute approximate surface area is 129 Å². The summed E-state index contributed by atoms with van der Waals surface area (Å²) in [5, 5.41) is 5.63. The van der Waals surface area contributed by atoms with Gasteiger partial charge in [-0.15, -0.1) is 11.3 Å². The summed E-state index contributed by atoms with van der Waals surface area (Å²) in [6, 6.07) is 8.90. The number of benzene rings is 1. The van der Waals surface area contributed by atoms with Crippen LogP contribution >= 0.6 is 11.3 Å². The predicted molar refractivity (Wildman–Crippen MR) is 86.6 cm³/mol. The molecule has 0 saturated heterocycles. The van der Waals surface area contributed by atoms with Crippen LogP contribution in [0, 0.1) is 0 Å². The van der Waals surface area contributed by atoms with E-state index >= 15 is 0 Å². The molecule has 21 heavy (non-hydrogen) atoms. The van der Waals surface area contributed by atoms with Crippen molar-refractivity contribution >= 4 is 11.3 Å². The summed E-state index contributed by atoms with van der Waals surface area (Å²) in [6.45, 7) is 3.91. The van der Waals surface area contributed by atoms with E-state index in [2.05, 4.69) is 41.9 Å². The molecule has 1 N–H and O–H groups in total. The van der Waals surface area contributed by atoms with Gasteiger partial charge in [-0.2, -0.15) is 0 Å². The minimum atomic E-state index is 0.219. The van der Waals surface area contributed by atoms with Crippen molar-refractivity contribution in [1.82, 2.24) is 5.32 Å². The molecule has 1 atom stereocenters. The fourth-order valence-corrected chi connectivity index (χ4v) is 3.70. The van der Waals surface area contributed by atoms with Crippen LogP contribution in [0.2, 0.25) is 0 Å². The molecule has 1 aliphatic heterocycles.